The summed E-state index contributed by atoms with van der Waals surface area (Å²) in [5, 5.41) is 0. The minimum absolute atomic E-state index is 0.0830. The van der Waals surface area contributed by atoms with Crippen molar-refractivity contribution in [2.45, 2.75) is 33.1 Å². The molecule has 0 spiro atoms. The van der Waals surface area contributed by atoms with Crippen LogP contribution in [0.15, 0.2) is 12.2 Å². The molecule has 0 saturated carbocycles. The van der Waals surface area contributed by atoms with Crippen molar-refractivity contribution in [3.05, 3.63) is 12.2 Å². The first-order chi connectivity index (χ1) is 9.78. The molecule has 0 bridgehead atoms. The Morgan fingerprint density at radius 3 is 2.38 bits per heavy atom. The molecule has 5 heteroatoms. The van der Waals surface area contributed by atoms with Gasteiger partial charge in [-0.05, 0) is 38.5 Å². The number of methoxy groups -OCH3 is 1. The van der Waals surface area contributed by atoms with E-state index in [1.165, 1.54) is 12.0 Å². The molecule has 0 radical (unpaired) electrons. The number of ether oxygens (including phenoxy) is 1. The predicted molar refractivity (Wildman–Crippen MR) is 77.0 cm³/mol. The SMILES string of the molecule is COC(=O)C(C)(C)[C@H]1C=C[C@@H]([C@@H]2CC(=O)N(C)C2=O)CC1. The van der Waals surface area contributed by atoms with Crippen molar-refractivity contribution in [2.75, 3.05) is 14.2 Å². The van der Waals surface area contributed by atoms with Gasteiger partial charge in [0, 0.05) is 13.5 Å². The number of allylic oxidation sites excluding steroid dienone is 2. The Labute approximate surface area is 125 Å². The van der Waals surface area contributed by atoms with Gasteiger partial charge in [-0.25, -0.2) is 0 Å². The molecule has 0 aromatic heterocycles. The molecule has 1 fully saturated rings. The van der Waals surface area contributed by atoms with Gasteiger partial charge in [0.25, 0.3) is 0 Å². The zero-order chi connectivity index (χ0) is 15.8. The summed E-state index contributed by atoms with van der Waals surface area (Å²) in [4.78, 5) is 36.7. The minimum atomic E-state index is -0.567. The number of carbonyl (C=O) groups is 3. The van der Waals surface area contributed by atoms with Crippen molar-refractivity contribution in [3.63, 3.8) is 0 Å². The van der Waals surface area contributed by atoms with Crippen molar-refractivity contribution in [3.8, 4) is 0 Å². The van der Waals surface area contributed by atoms with Crippen molar-refractivity contribution < 1.29 is 19.1 Å². The Hall–Kier alpha value is -1.65. The molecule has 116 valence electrons. The molecule has 1 heterocycles. The van der Waals surface area contributed by atoms with Crippen molar-refractivity contribution >= 4 is 17.8 Å². The van der Waals surface area contributed by atoms with Crippen LogP contribution in [-0.4, -0.2) is 36.8 Å². The third-order valence-electron chi connectivity index (χ3n) is 4.97. The van der Waals surface area contributed by atoms with Crippen LogP contribution in [-0.2, 0) is 19.1 Å². The number of hydrogen-bond acceptors (Lipinski definition) is 4. The van der Waals surface area contributed by atoms with Gasteiger partial charge in [-0.3, -0.25) is 19.3 Å². The normalized spacial score (nSPS) is 29.9. The fourth-order valence-corrected chi connectivity index (χ4v) is 3.31. The van der Waals surface area contributed by atoms with Gasteiger partial charge >= 0.3 is 5.97 Å². The van der Waals surface area contributed by atoms with Gasteiger partial charge in [-0.15, -0.1) is 0 Å². The monoisotopic (exact) mass is 293 g/mol. The number of carbonyl (C=O) groups excluding carboxylic acids is 3. The summed E-state index contributed by atoms with van der Waals surface area (Å²) in [7, 11) is 2.94. The van der Waals surface area contributed by atoms with Crippen molar-refractivity contribution in [2.24, 2.45) is 23.2 Å². The van der Waals surface area contributed by atoms with Gasteiger partial charge in [-0.2, -0.15) is 0 Å². The Kier molecular flexibility index (Phi) is 4.21. The fraction of sp³-hybridized carbons (Fsp3) is 0.688. The summed E-state index contributed by atoms with van der Waals surface area (Å²) in [5.74, 6) is -0.443. The molecule has 0 N–H and O–H groups in total. The van der Waals surface area contributed by atoms with Crippen LogP contribution in [0.1, 0.15) is 33.1 Å². The molecule has 1 saturated heterocycles. The molecule has 0 aromatic rings. The lowest BCUT2D eigenvalue weighted by Crippen LogP contribution is -2.35. The van der Waals surface area contributed by atoms with Gasteiger partial charge in [0.2, 0.25) is 11.8 Å². The molecule has 0 unspecified atom stereocenters. The van der Waals surface area contributed by atoms with Crippen LogP contribution in [0.5, 0.6) is 0 Å². The minimum Gasteiger partial charge on any atom is -0.469 e. The third-order valence-corrected chi connectivity index (χ3v) is 4.97. The van der Waals surface area contributed by atoms with E-state index >= 15 is 0 Å². The molecular formula is C16H23NO4. The molecule has 5 nitrogen and oxygen atoms in total. The van der Waals surface area contributed by atoms with Gasteiger partial charge < -0.3 is 4.74 Å². The van der Waals surface area contributed by atoms with Gasteiger partial charge in [0.15, 0.2) is 0 Å². The Morgan fingerprint density at radius 1 is 1.29 bits per heavy atom. The Balaban J connectivity index is 2.08. The van der Waals surface area contributed by atoms with E-state index in [4.69, 9.17) is 4.74 Å². The lowest BCUT2D eigenvalue weighted by molar-refractivity contribution is -0.153. The number of imide groups is 1. The van der Waals surface area contributed by atoms with Crippen LogP contribution < -0.4 is 0 Å². The average molecular weight is 293 g/mol. The molecule has 3 atom stereocenters. The number of likely N-dealkylation sites (tertiary alicyclic amines) is 1. The van der Waals surface area contributed by atoms with Crippen LogP contribution in [0, 0.1) is 23.2 Å². The van der Waals surface area contributed by atoms with Crippen LogP contribution in [0.25, 0.3) is 0 Å². The smallest absolute Gasteiger partial charge is 0.311 e. The molecule has 1 aliphatic heterocycles. The number of amides is 2. The van der Waals surface area contributed by atoms with Crippen molar-refractivity contribution in [1.29, 1.82) is 0 Å². The second kappa shape index (κ2) is 5.62. The summed E-state index contributed by atoms with van der Waals surface area (Å²) < 4.78 is 4.86. The highest BCUT2D eigenvalue weighted by Gasteiger charge is 2.43. The van der Waals surface area contributed by atoms with Crippen LogP contribution in [0.3, 0.4) is 0 Å². The van der Waals surface area contributed by atoms with E-state index in [1.54, 1.807) is 7.05 Å². The quantitative estimate of drug-likeness (QED) is 0.452. The standard InChI is InChI=1S/C16H23NO4/c1-16(2,15(20)21-4)11-7-5-10(6-8-11)12-9-13(18)17(3)14(12)19/h5,7,10-12H,6,8-9H2,1-4H3/t10-,11+,12+/m1/s1. The zero-order valence-electron chi connectivity index (χ0n) is 13.1. The van der Waals surface area contributed by atoms with Gasteiger partial charge in [0.05, 0.1) is 18.4 Å². The predicted octanol–water partition coefficient (Wildman–Crippen LogP) is 1.77. The summed E-state index contributed by atoms with van der Waals surface area (Å²) in [6.07, 6.45) is 5.97. The summed E-state index contributed by atoms with van der Waals surface area (Å²) in [6.45, 7) is 3.76. The third kappa shape index (κ3) is 2.74. The molecular weight excluding hydrogens is 270 g/mol. The Morgan fingerprint density at radius 2 is 1.95 bits per heavy atom. The number of rotatable bonds is 3. The van der Waals surface area contributed by atoms with E-state index in [0.29, 0.717) is 6.42 Å². The van der Waals surface area contributed by atoms with E-state index in [-0.39, 0.29) is 35.5 Å². The Bertz CT molecular complexity index is 495. The maximum absolute atomic E-state index is 12.0. The molecule has 21 heavy (non-hydrogen) atoms. The fourth-order valence-electron chi connectivity index (χ4n) is 3.31. The first kappa shape index (κ1) is 15.7. The maximum Gasteiger partial charge on any atom is 0.311 e. The highest BCUT2D eigenvalue weighted by atomic mass is 16.5. The first-order valence-electron chi connectivity index (χ1n) is 7.36. The van der Waals surface area contributed by atoms with Crippen LogP contribution in [0.2, 0.25) is 0 Å². The van der Waals surface area contributed by atoms with E-state index in [9.17, 15) is 14.4 Å². The second-order valence-corrected chi connectivity index (χ2v) is 6.55. The maximum atomic E-state index is 12.0. The largest absolute Gasteiger partial charge is 0.469 e. The molecule has 2 amide bonds. The topological polar surface area (TPSA) is 63.7 Å². The summed E-state index contributed by atoms with van der Waals surface area (Å²) in [6, 6.07) is 0. The van der Waals surface area contributed by atoms with E-state index < -0.39 is 5.41 Å². The van der Waals surface area contributed by atoms with Gasteiger partial charge in [-0.1, -0.05) is 12.2 Å². The molecule has 1 aliphatic carbocycles. The lowest BCUT2D eigenvalue weighted by Gasteiger charge is -2.34. The highest BCUT2D eigenvalue weighted by molar-refractivity contribution is 6.03. The summed E-state index contributed by atoms with van der Waals surface area (Å²) >= 11 is 0. The van der Waals surface area contributed by atoms with Crippen LogP contribution >= 0.6 is 0 Å². The van der Waals surface area contributed by atoms with Crippen molar-refractivity contribution in [1.82, 2.24) is 4.90 Å². The average Bonchev–Trinajstić information content (AvgIpc) is 2.74. The lowest BCUT2D eigenvalue weighted by atomic mass is 9.70. The first-order valence-corrected chi connectivity index (χ1v) is 7.36. The van der Waals surface area contributed by atoms with Gasteiger partial charge in [0.1, 0.15) is 0 Å². The molecule has 2 aliphatic rings. The van der Waals surface area contributed by atoms with E-state index in [1.807, 2.05) is 26.0 Å². The summed E-state index contributed by atoms with van der Waals surface area (Å²) in [5.41, 5.74) is -0.567. The second-order valence-electron chi connectivity index (χ2n) is 6.55. The number of nitrogens with zero attached hydrogens (tertiary/aromatic N) is 1. The van der Waals surface area contributed by atoms with Crippen LogP contribution in [0.4, 0.5) is 0 Å². The highest BCUT2D eigenvalue weighted by Crippen LogP contribution is 2.40. The van der Waals surface area contributed by atoms with E-state index in [2.05, 4.69) is 0 Å². The molecule has 0 aromatic carbocycles. The van der Waals surface area contributed by atoms with E-state index in [0.717, 1.165) is 12.8 Å². The zero-order valence-corrected chi connectivity index (χ0v) is 13.1. The molecule has 2 rings (SSSR count). The number of esters is 1. The number of hydrogen-bond donors (Lipinski definition) is 0.